The van der Waals surface area contributed by atoms with Gasteiger partial charge in [-0.1, -0.05) is 46.6 Å². The van der Waals surface area contributed by atoms with Crippen LogP contribution in [0, 0.1) is 0 Å². The van der Waals surface area contributed by atoms with Gasteiger partial charge in [-0.3, -0.25) is 13.9 Å². The van der Waals surface area contributed by atoms with Crippen molar-refractivity contribution in [2.75, 3.05) is 24.2 Å². The van der Waals surface area contributed by atoms with E-state index >= 15 is 0 Å². The molecule has 1 atom stereocenters. The Bertz CT molecular complexity index is 1010. The third-order valence-corrected chi connectivity index (χ3v) is 6.61. The number of benzene rings is 2. The van der Waals surface area contributed by atoms with Crippen LogP contribution >= 0.6 is 27.5 Å². The number of nitrogens with zero attached hydrogens (tertiary/aromatic N) is 2. The van der Waals surface area contributed by atoms with Gasteiger partial charge in [-0.25, -0.2) is 8.42 Å². The van der Waals surface area contributed by atoms with E-state index < -0.39 is 28.5 Å². The molecule has 0 radical (unpaired) electrons. The van der Waals surface area contributed by atoms with Crippen molar-refractivity contribution < 1.29 is 18.0 Å². The van der Waals surface area contributed by atoms with Crippen molar-refractivity contribution in [3.05, 3.63) is 63.6 Å². The molecule has 31 heavy (non-hydrogen) atoms. The maximum Gasteiger partial charge on any atom is 0.244 e. The van der Waals surface area contributed by atoms with E-state index in [0.29, 0.717) is 17.1 Å². The molecular weight excluding hydrogens is 506 g/mol. The summed E-state index contributed by atoms with van der Waals surface area (Å²) in [7, 11) is -2.24. The number of nitrogens with one attached hydrogen (secondary N) is 1. The first-order valence-corrected chi connectivity index (χ1v) is 12.6. The summed E-state index contributed by atoms with van der Waals surface area (Å²) in [6.07, 6.45) is 1.41. The number of anilines is 1. The lowest BCUT2D eigenvalue weighted by atomic mass is 10.1. The summed E-state index contributed by atoms with van der Waals surface area (Å²) in [5.74, 6) is -0.807. The van der Waals surface area contributed by atoms with Crippen molar-refractivity contribution >= 4 is 55.1 Å². The topological polar surface area (TPSA) is 86.8 Å². The van der Waals surface area contributed by atoms with Gasteiger partial charge < -0.3 is 10.2 Å². The van der Waals surface area contributed by atoms with Crippen molar-refractivity contribution in [2.24, 2.45) is 0 Å². The summed E-state index contributed by atoms with van der Waals surface area (Å²) in [5, 5.41) is 3.13. The molecule has 0 saturated carbocycles. The molecule has 1 unspecified atom stereocenters. The van der Waals surface area contributed by atoms with Gasteiger partial charge in [0.1, 0.15) is 12.6 Å². The second-order valence-electron chi connectivity index (χ2n) is 6.93. The minimum absolute atomic E-state index is 0.139. The van der Waals surface area contributed by atoms with E-state index in [-0.39, 0.29) is 12.5 Å². The summed E-state index contributed by atoms with van der Waals surface area (Å²) in [6.45, 7) is 1.51. The lowest BCUT2D eigenvalue weighted by Gasteiger charge is -2.32. The van der Waals surface area contributed by atoms with Crippen molar-refractivity contribution in [1.29, 1.82) is 0 Å². The standard InChI is InChI=1S/C21H25BrClN3O4S/c1-4-19(21(28)24-2)25(13-15-5-9-17(23)10-6-15)20(27)14-26(31(3,29)30)18-11-7-16(22)8-12-18/h5-12,19H,4,13-14H2,1-3H3,(H,24,28). The van der Waals surface area contributed by atoms with Crippen LogP contribution in [-0.2, 0) is 26.2 Å². The Morgan fingerprint density at radius 1 is 1.10 bits per heavy atom. The molecule has 2 amide bonds. The molecule has 10 heteroatoms. The number of halogens is 2. The van der Waals surface area contributed by atoms with Gasteiger partial charge in [-0.15, -0.1) is 0 Å². The third-order valence-electron chi connectivity index (χ3n) is 4.69. The van der Waals surface area contributed by atoms with Crippen LogP contribution in [0.15, 0.2) is 53.0 Å². The van der Waals surface area contributed by atoms with E-state index in [1.807, 2.05) is 0 Å². The Kier molecular flexibility index (Phi) is 8.90. The summed E-state index contributed by atoms with van der Waals surface area (Å²) in [5.41, 5.74) is 1.13. The highest BCUT2D eigenvalue weighted by Crippen LogP contribution is 2.22. The number of hydrogen-bond acceptors (Lipinski definition) is 4. The summed E-state index contributed by atoms with van der Waals surface area (Å²) in [6, 6.07) is 12.8. The number of carbonyl (C=O) groups is 2. The van der Waals surface area contributed by atoms with Crippen LogP contribution in [0.25, 0.3) is 0 Å². The number of likely N-dealkylation sites (N-methyl/N-ethyl adjacent to an activating group) is 1. The zero-order valence-electron chi connectivity index (χ0n) is 17.5. The molecule has 1 N–H and O–H groups in total. The van der Waals surface area contributed by atoms with Gasteiger partial charge in [0.25, 0.3) is 0 Å². The van der Waals surface area contributed by atoms with Crippen LogP contribution in [0.2, 0.25) is 5.02 Å². The molecule has 0 fully saturated rings. The van der Waals surface area contributed by atoms with Gasteiger partial charge in [0.05, 0.1) is 11.9 Å². The predicted molar refractivity (Wildman–Crippen MR) is 126 cm³/mol. The molecule has 0 aliphatic carbocycles. The molecule has 0 aliphatic heterocycles. The van der Waals surface area contributed by atoms with Gasteiger partial charge >= 0.3 is 0 Å². The van der Waals surface area contributed by atoms with E-state index in [1.54, 1.807) is 55.5 Å². The summed E-state index contributed by atoms with van der Waals surface area (Å²) < 4.78 is 26.7. The second-order valence-corrected chi connectivity index (χ2v) is 10.2. The molecule has 0 heterocycles. The SMILES string of the molecule is CCC(C(=O)NC)N(Cc1ccc(Cl)cc1)C(=O)CN(c1ccc(Br)cc1)S(C)(=O)=O. The number of rotatable bonds is 9. The molecule has 2 rings (SSSR count). The highest BCUT2D eigenvalue weighted by Gasteiger charge is 2.31. The Morgan fingerprint density at radius 2 is 1.68 bits per heavy atom. The Labute approximate surface area is 196 Å². The fourth-order valence-electron chi connectivity index (χ4n) is 3.09. The summed E-state index contributed by atoms with van der Waals surface area (Å²) in [4.78, 5) is 27.2. The fraction of sp³-hybridized carbons (Fsp3) is 0.333. The van der Waals surface area contributed by atoms with E-state index in [9.17, 15) is 18.0 Å². The first-order chi connectivity index (χ1) is 14.6. The Hall–Kier alpha value is -2.10. The largest absolute Gasteiger partial charge is 0.357 e. The van der Waals surface area contributed by atoms with Crippen LogP contribution < -0.4 is 9.62 Å². The highest BCUT2D eigenvalue weighted by molar-refractivity contribution is 9.10. The van der Waals surface area contributed by atoms with Gasteiger partial charge in [0, 0.05) is 23.1 Å². The van der Waals surface area contributed by atoms with E-state index in [2.05, 4.69) is 21.2 Å². The zero-order chi connectivity index (χ0) is 23.2. The quantitative estimate of drug-likeness (QED) is 0.538. The third kappa shape index (κ3) is 6.95. The van der Waals surface area contributed by atoms with Crippen LogP contribution in [-0.4, -0.2) is 51.0 Å². The molecular formula is C21H25BrClN3O4S. The van der Waals surface area contributed by atoms with Gasteiger partial charge in [-0.2, -0.15) is 0 Å². The number of hydrogen-bond donors (Lipinski definition) is 1. The molecule has 7 nitrogen and oxygen atoms in total. The molecule has 168 valence electrons. The zero-order valence-corrected chi connectivity index (χ0v) is 20.7. The van der Waals surface area contributed by atoms with Crippen molar-refractivity contribution in [3.63, 3.8) is 0 Å². The van der Waals surface area contributed by atoms with Gasteiger partial charge in [0.15, 0.2) is 0 Å². The highest BCUT2D eigenvalue weighted by atomic mass is 79.9. The van der Waals surface area contributed by atoms with E-state index in [1.165, 1.54) is 11.9 Å². The Balaban J connectivity index is 2.40. The monoisotopic (exact) mass is 529 g/mol. The predicted octanol–water partition coefficient (Wildman–Crippen LogP) is 3.42. The minimum Gasteiger partial charge on any atom is -0.357 e. The maximum atomic E-state index is 13.3. The molecule has 0 aliphatic rings. The van der Waals surface area contributed by atoms with Gasteiger partial charge in [-0.05, 0) is 48.4 Å². The van der Waals surface area contributed by atoms with Gasteiger partial charge in [0.2, 0.25) is 21.8 Å². The van der Waals surface area contributed by atoms with Crippen molar-refractivity contribution in [1.82, 2.24) is 10.2 Å². The van der Waals surface area contributed by atoms with E-state index in [0.717, 1.165) is 20.6 Å². The lowest BCUT2D eigenvalue weighted by molar-refractivity contribution is -0.140. The molecule has 0 bridgehead atoms. The maximum absolute atomic E-state index is 13.3. The minimum atomic E-state index is -3.74. The van der Waals surface area contributed by atoms with Crippen LogP contribution in [0.5, 0.6) is 0 Å². The number of amides is 2. The smallest absolute Gasteiger partial charge is 0.244 e. The first kappa shape index (κ1) is 25.2. The summed E-state index contributed by atoms with van der Waals surface area (Å²) >= 11 is 9.27. The lowest BCUT2D eigenvalue weighted by Crippen LogP contribution is -2.51. The molecule has 0 aromatic heterocycles. The molecule has 2 aromatic carbocycles. The van der Waals surface area contributed by atoms with E-state index in [4.69, 9.17) is 11.6 Å². The number of sulfonamides is 1. The fourth-order valence-corrected chi connectivity index (χ4v) is 4.33. The van der Waals surface area contributed by atoms with Crippen LogP contribution in [0.3, 0.4) is 0 Å². The average molecular weight is 531 g/mol. The van der Waals surface area contributed by atoms with Crippen molar-refractivity contribution in [2.45, 2.75) is 25.9 Å². The normalized spacial score (nSPS) is 12.2. The molecule has 2 aromatic rings. The molecule has 0 spiro atoms. The second kappa shape index (κ2) is 11.0. The Morgan fingerprint density at radius 3 is 2.16 bits per heavy atom. The first-order valence-electron chi connectivity index (χ1n) is 9.55. The average Bonchev–Trinajstić information content (AvgIpc) is 2.72. The van der Waals surface area contributed by atoms with Crippen molar-refractivity contribution in [3.8, 4) is 0 Å². The van der Waals surface area contributed by atoms with Crippen LogP contribution in [0.1, 0.15) is 18.9 Å². The molecule has 0 saturated heterocycles. The number of carbonyl (C=O) groups excluding carboxylic acids is 2. The van der Waals surface area contributed by atoms with Crippen LogP contribution in [0.4, 0.5) is 5.69 Å².